The summed E-state index contributed by atoms with van der Waals surface area (Å²) in [7, 11) is 0. The van der Waals surface area contributed by atoms with E-state index in [1.807, 2.05) is 6.07 Å². The number of halogens is 2. The maximum absolute atomic E-state index is 12.2. The first-order valence-corrected chi connectivity index (χ1v) is 8.45. The Labute approximate surface area is 150 Å². The second-order valence-electron chi connectivity index (χ2n) is 5.53. The minimum Gasteiger partial charge on any atom is -0.381 e. The molecule has 0 radical (unpaired) electrons. The van der Waals surface area contributed by atoms with Gasteiger partial charge in [-0.15, -0.1) is 0 Å². The van der Waals surface area contributed by atoms with E-state index in [1.54, 1.807) is 30.5 Å². The van der Waals surface area contributed by atoms with Crippen LogP contribution in [-0.2, 0) is 9.53 Å². The molecule has 2 N–H and O–H groups in total. The molecular formula is C17H17Cl2N3O2. The number of carbonyl (C=O) groups is 1. The third-order valence-electron chi connectivity index (χ3n) is 3.84. The topological polar surface area (TPSA) is 63.2 Å². The zero-order chi connectivity index (χ0) is 16.9. The summed E-state index contributed by atoms with van der Waals surface area (Å²) in [6.07, 6.45) is 3.12. The highest BCUT2D eigenvalue weighted by molar-refractivity contribution is 6.39. The third kappa shape index (κ3) is 4.17. The van der Waals surface area contributed by atoms with Crippen LogP contribution < -0.4 is 10.6 Å². The fraction of sp³-hybridized carbons (Fsp3) is 0.294. The molecule has 5 nitrogen and oxygen atoms in total. The van der Waals surface area contributed by atoms with Crippen LogP contribution in [0.5, 0.6) is 0 Å². The number of nitrogens with zero attached hydrogens (tertiary/aromatic N) is 1. The number of pyridine rings is 1. The second-order valence-corrected chi connectivity index (χ2v) is 6.34. The first kappa shape index (κ1) is 17.0. The minimum absolute atomic E-state index is 0.0133. The Hall–Kier alpha value is -1.82. The Morgan fingerprint density at radius 1 is 1.12 bits per heavy atom. The lowest BCUT2D eigenvalue weighted by molar-refractivity contribution is -0.122. The van der Waals surface area contributed by atoms with Crippen molar-refractivity contribution in [1.82, 2.24) is 4.98 Å². The maximum Gasteiger partial charge on any atom is 0.228 e. The minimum atomic E-state index is -0.0136. The van der Waals surface area contributed by atoms with Gasteiger partial charge in [-0.1, -0.05) is 29.3 Å². The fourth-order valence-electron chi connectivity index (χ4n) is 2.49. The normalized spacial score (nSPS) is 15.1. The molecule has 0 atom stereocenters. The van der Waals surface area contributed by atoms with Gasteiger partial charge in [0.15, 0.2) is 0 Å². The molecule has 7 heteroatoms. The van der Waals surface area contributed by atoms with E-state index in [1.165, 1.54) is 0 Å². The quantitative estimate of drug-likeness (QED) is 0.837. The van der Waals surface area contributed by atoms with Crippen LogP contribution in [0.2, 0.25) is 10.0 Å². The molecule has 1 saturated heterocycles. The number of carbonyl (C=O) groups excluding carboxylic acids is 1. The van der Waals surface area contributed by atoms with Crippen LogP contribution >= 0.6 is 23.2 Å². The lowest BCUT2D eigenvalue weighted by Crippen LogP contribution is -2.28. The predicted octanol–water partition coefficient (Wildman–Crippen LogP) is 4.50. The molecular weight excluding hydrogens is 349 g/mol. The molecule has 0 bridgehead atoms. The van der Waals surface area contributed by atoms with E-state index in [-0.39, 0.29) is 11.8 Å². The van der Waals surface area contributed by atoms with E-state index in [9.17, 15) is 4.79 Å². The van der Waals surface area contributed by atoms with Crippen LogP contribution in [-0.4, -0.2) is 24.1 Å². The van der Waals surface area contributed by atoms with E-state index < -0.39 is 0 Å². The van der Waals surface area contributed by atoms with Crippen molar-refractivity contribution in [2.75, 3.05) is 23.8 Å². The van der Waals surface area contributed by atoms with Crippen molar-refractivity contribution in [3.05, 3.63) is 46.6 Å². The lowest BCUT2D eigenvalue weighted by Gasteiger charge is -2.21. The molecule has 2 heterocycles. The molecule has 0 aliphatic carbocycles. The summed E-state index contributed by atoms with van der Waals surface area (Å²) in [6, 6.07) is 8.84. The summed E-state index contributed by atoms with van der Waals surface area (Å²) in [6.45, 7) is 1.26. The molecule has 1 aromatic heterocycles. The van der Waals surface area contributed by atoms with Crippen molar-refractivity contribution in [2.24, 2.45) is 5.92 Å². The van der Waals surface area contributed by atoms with Crippen molar-refractivity contribution in [3.63, 3.8) is 0 Å². The zero-order valence-corrected chi connectivity index (χ0v) is 14.4. The largest absolute Gasteiger partial charge is 0.381 e. The second kappa shape index (κ2) is 7.83. The maximum atomic E-state index is 12.2. The monoisotopic (exact) mass is 365 g/mol. The van der Waals surface area contributed by atoms with Gasteiger partial charge in [-0.05, 0) is 37.1 Å². The average molecular weight is 366 g/mol. The van der Waals surface area contributed by atoms with Crippen LogP contribution in [0.25, 0.3) is 0 Å². The number of amides is 1. The Bertz CT molecular complexity index is 696. The van der Waals surface area contributed by atoms with Crippen LogP contribution in [0.4, 0.5) is 17.2 Å². The van der Waals surface area contributed by atoms with Gasteiger partial charge in [0.2, 0.25) is 5.91 Å². The molecule has 1 aliphatic heterocycles. The fourth-order valence-corrected chi connectivity index (χ4v) is 2.98. The Balaban J connectivity index is 1.64. The smallest absolute Gasteiger partial charge is 0.228 e. The molecule has 0 saturated carbocycles. The number of aromatic nitrogens is 1. The number of para-hydroxylation sites is 1. The molecule has 0 unspecified atom stereocenters. The number of ether oxygens (including phenoxy) is 1. The van der Waals surface area contributed by atoms with Crippen molar-refractivity contribution >= 4 is 46.3 Å². The molecule has 0 spiro atoms. The third-order valence-corrected chi connectivity index (χ3v) is 4.47. The van der Waals surface area contributed by atoms with Gasteiger partial charge in [-0.3, -0.25) is 4.79 Å². The van der Waals surface area contributed by atoms with Crippen molar-refractivity contribution < 1.29 is 9.53 Å². The molecule has 1 aromatic carbocycles. The highest BCUT2D eigenvalue weighted by Gasteiger charge is 2.21. The Morgan fingerprint density at radius 2 is 1.83 bits per heavy atom. The summed E-state index contributed by atoms with van der Waals surface area (Å²) in [5.74, 6) is 0.489. The van der Waals surface area contributed by atoms with Crippen molar-refractivity contribution in [2.45, 2.75) is 12.8 Å². The summed E-state index contributed by atoms with van der Waals surface area (Å²) < 4.78 is 5.27. The molecule has 126 valence electrons. The van der Waals surface area contributed by atoms with E-state index in [0.29, 0.717) is 34.8 Å². The van der Waals surface area contributed by atoms with E-state index >= 15 is 0 Å². The number of nitrogens with one attached hydrogen (secondary N) is 2. The van der Waals surface area contributed by atoms with Gasteiger partial charge in [-0.25, -0.2) is 4.98 Å². The van der Waals surface area contributed by atoms with Crippen LogP contribution in [0.1, 0.15) is 12.8 Å². The van der Waals surface area contributed by atoms with Gasteiger partial charge in [0.1, 0.15) is 5.82 Å². The number of anilines is 3. The van der Waals surface area contributed by atoms with Crippen LogP contribution in [0, 0.1) is 5.92 Å². The molecule has 1 aliphatic rings. The van der Waals surface area contributed by atoms with Crippen LogP contribution in [0.15, 0.2) is 36.5 Å². The van der Waals surface area contributed by atoms with Crippen molar-refractivity contribution in [3.8, 4) is 0 Å². The van der Waals surface area contributed by atoms with E-state index in [4.69, 9.17) is 27.9 Å². The van der Waals surface area contributed by atoms with Crippen molar-refractivity contribution in [1.29, 1.82) is 0 Å². The summed E-state index contributed by atoms with van der Waals surface area (Å²) in [5, 5.41) is 7.02. The summed E-state index contributed by atoms with van der Waals surface area (Å²) in [5.41, 5.74) is 1.36. The predicted molar refractivity (Wildman–Crippen MR) is 96.2 cm³/mol. The Morgan fingerprint density at radius 3 is 2.46 bits per heavy atom. The average Bonchev–Trinajstić information content (AvgIpc) is 2.60. The highest BCUT2D eigenvalue weighted by atomic mass is 35.5. The summed E-state index contributed by atoms with van der Waals surface area (Å²) in [4.78, 5) is 16.4. The molecule has 1 amide bonds. The lowest BCUT2D eigenvalue weighted by atomic mass is 9.99. The number of benzene rings is 1. The standard InChI is InChI=1S/C17H17Cl2N3O2/c18-13-2-1-3-14(19)16(13)21-12-4-5-15(20-10-12)22-17(23)11-6-8-24-9-7-11/h1-5,10-11,21H,6-9H2,(H,20,22,23). The van der Waals surface area contributed by atoms with Gasteiger partial charge in [0.05, 0.1) is 27.6 Å². The van der Waals surface area contributed by atoms with Gasteiger partial charge < -0.3 is 15.4 Å². The first-order valence-electron chi connectivity index (χ1n) is 7.69. The first-order chi connectivity index (χ1) is 11.6. The molecule has 24 heavy (non-hydrogen) atoms. The van der Waals surface area contributed by atoms with Gasteiger partial charge in [0, 0.05) is 19.1 Å². The summed E-state index contributed by atoms with van der Waals surface area (Å²) >= 11 is 12.3. The van der Waals surface area contributed by atoms with Gasteiger partial charge >= 0.3 is 0 Å². The zero-order valence-electron chi connectivity index (χ0n) is 12.9. The highest BCUT2D eigenvalue weighted by Crippen LogP contribution is 2.32. The molecule has 2 aromatic rings. The SMILES string of the molecule is O=C(Nc1ccc(Nc2c(Cl)cccc2Cl)cn1)C1CCOCC1. The molecule has 1 fully saturated rings. The van der Waals surface area contributed by atoms with Gasteiger partial charge in [0.25, 0.3) is 0 Å². The Kier molecular flexibility index (Phi) is 5.56. The van der Waals surface area contributed by atoms with Gasteiger partial charge in [-0.2, -0.15) is 0 Å². The number of hydrogen-bond acceptors (Lipinski definition) is 4. The van der Waals surface area contributed by atoms with E-state index in [2.05, 4.69) is 15.6 Å². The van der Waals surface area contributed by atoms with Crippen LogP contribution in [0.3, 0.4) is 0 Å². The number of hydrogen-bond donors (Lipinski definition) is 2. The van der Waals surface area contributed by atoms with E-state index in [0.717, 1.165) is 18.5 Å². The number of rotatable bonds is 4. The molecule has 3 rings (SSSR count).